The van der Waals surface area contributed by atoms with Crippen LogP contribution in [0.4, 0.5) is 10.5 Å². The van der Waals surface area contributed by atoms with E-state index in [1.807, 2.05) is 43.4 Å². The van der Waals surface area contributed by atoms with Gasteiger partial charge in [-0.1, -0.05) is 48.5 Å². The Balaban J connectivity index is 1.49. The molecule has 1 unspecified atom stereocenters. The summed E-state index contributed by atoms with van der Waals surface area (Å²) < 4.78 is 31.6. The monoisotopic (exact) mass is 495 g/mol. The van der Waals surface area contributed by atoms with E-state index < -0.39 is 21.9 Å². The van der Waals surface area contributed by atoms with E-state index in [1.54, 1.807) is 19.1 Å². The zero-order chi connectivity index (χ0) is 25.2. The molecule has 0 saturated carbocycles. The average molecular weight is 496 g/mol. The van der Waals surface area contributed by atoms with E-state index in [0.29, 0.717) is 5.06 Å². The fraction of sp³-hybridized carbons (Fsp3) is 0.269. The van der Waals surface area contributed by atoms with Crippen LogP contribution in [0.2, 0.25) is 0 Å². The molecule has 0 radical (unpaired) electrons. The molecule has 0 saturated heterocycles. The van der Waals surface area contributed by atoms with Gasteiger partial charge in [0.1, 0.15) is 5.75 Å². The molecule has 2 amide bonds. The number of nitrogens with one attached hydrogen (secondary N) is 1. The van der Waals surface area contributed by atoms with Gasteiger partial charge in [-0.3, -0.25) is 10.1 Å². The molecule has 0 bridgehead atoms. The number of anilines is 1. The summed E-state index contributed by atoms with van der Waals surface area (Å²) in [5.41, 5.74) is 4.10. The number of rotatable bonds is 7. The molecule has 184 valence electrons. The van der Waals surface area contributed by atoms with Crippen LogP contribution in [0.3, 0.4) is 0 Å². The first-order chi connectivity index (χ1) is 16.7. The van der Waals surface area contributed by atoms with Crippen molar-refractivity contribution in [1.29, 1.82) is 0 Å². The first kappa shape index (κ1) is 24.7. The van der Waals surface area contributed by atoms with Crippen molar-refractivity contribution in [2.24, 2.45) is 0 Å². The van der Waals surface area contributed by atoms with E-state index in [9.17, 15) is 18.4 Å². The standard InChI is InChI=1S/C26H29N3O5S/c1-18(20-7-5-4-6-8-20)29(31)26(30)27-24-12-11-23(14-25(24)34-3)35(32,33)17-19-9-10-21-15-28(2)16-22(21)13-19/h4-14,18,31H,15-17H2,1-3H3,(H,27,30). The number of urea groups is 1. The summed E-state index contributed by atoms with van der Waals surface area (Å²) >= 11 is 0. The van der Waals surface area contributed by atoms with Crippen LogP contribution >= 0.6 is 0 Å². The number of amides is 2. The molecule has 2 N–H and O–H groups in total. The number of nitrogens with zero attached hydrogens (tertiary/aromatic N) is 2. The van der Waals surface area contributed by atoms with Gasteiger partial charge in [0, 0.05) is 19.2 Å². The quantitative estimate of drug-likeness (QED) is 0.367. The maximum atomic E-state index is 13.1. The zero-order valence-corrected chi connectivity index (χ0v) is 20.7. The van der Waals surface area contributed by atoms with Gasteiger partial charge in [0.15, 0.2) is 9.84 Å². The lowest BCUT2D eigenvalue weighted by atomic mass is 10.1. The summed E-state index contributed by atoms with van der Waals surface area (Å²) in [6.07, 6.45) is 0. The van der Waals surface area contributed by atoms with Crippen molar-refractivity contribution in [3.05, 3.63) is 89.0 Å². The Hall–Kier alpha value is -3.40. The highest BCUT2D eigenvalue weighted by atomic mass is 32.2. The van der Waals surface area contributed by atoms with Crippen LogP contribution in [0.5, 0.6) is 5.75 Å². The number of fused-ring (bicyclic) bond motifs is 1. The first-order valence-corrected chi connectivity index (χ1v) is 12.9. The third-order valence-electron chi connectivity index (χ3n) is 6.14. The predicted octanol–water partition coefficient (Wildman–Crippen LogP) is 4.60. The van der Waals surface area contributed by atoms with Crippen molar-refractivity contribution < 1.29 is 23.2 Å². The number of hydrogen-bond donors (Lipinski definition) is 2. The molecule has 1 aliphatic rings. The van der Waals surface area contributed by atoms with Crippen molar-refractivity contribution in [2.45, 2.75) is 36.7 Å². The van der Waals surface area contributed by atoms with Crippen LogP contribution in [0.1, 0.15) is 35.2 Å². The lowest BCUT2D eigenvalue weighted by Gasteiger charge is -2.23. The van der Waals surface area contributed by atoms with E-state index in [4.69, 9.17) is 4.74 Å². The van der Waals surface area contributed by atoms with Gasteiger partial charge < -0.3 is 10.1 Å². The second-order valence-corrected chi connectivity index (χ2v) is 10.7. The minimum absolute atomic E-state index is 0.0865. The normalized spacial score (nSPS) is 14.3. The van der Waals surface area contributed by atoms with Crippen LogP contribution in [-0.2, 0) is 28.7 Å². The summed E-state index contributed by atoms with van der Waals surface area (Å²) in [6, 6.07) is 17.8. The van der Waals surface area contributed by atoms with E-state index in [-0.39, 0.29) is 22.1 Å². The Morgan fingerprint density at radius 1 is 1.09 bits per heavy atom. The second kappa shape index (κ2) is 10.1. The van der Waals surface area contributed by atoms with Gasteiger partial charge in [-0.2, -0.15) is 5.06 Å². The number of sulfone groups is 1. The van der Waals surface area contributed by atoms with Gasteiger partial charge in [-0.15, -0.1) is 0 Å². The third-order valence-corrected chi connectivity index (χ3v) is 7.82. The van der Waals surface area contributed by atoms with Crippen LogP contribution in [0.25, 0.3) is 0 Å². The lowest BCUT2D eigenvalue weighted by Crippen LogP contribution is -2.34. The molecular formula is C26H29N3O5S. The first-order valence-electron chi connectivity index (χ1n) is 11.2. The lowest BCUT2D eigenvalue weighted by molar-refractivity contribution is -0.0690. The van der Waals surface area contributed by atoms with Gasteiger partial charge in [0.25, 0.3) is 0 Å². The smallest absolute Gasteiger partial charge is 0.346 e. The molecule has 1 heterocycles. The molecule has 1 aliphatic heterocycles. The number of ether oxygens (including phenoxy) is 1. The highest BCUT2D eigenvalue weighted by Crippen LogP contribution is 2.31. The maximum Gasteiger partial charge on any atom is 0.346 e. The average Bonchev–Trinajstić information content (AvgIpc) is 3.22. The van der Waals surface area contributed by atoms with E-state index in [2.05, 4.69) is 10.2 Å². The third kappa shape index (κ3) is 5.48. The van der Waals surface area contributed by atoms with Crippen LogP contribution in [-0.4, -0.2) is 43.8 Å². The maximum absolute atomic E-state index is 13.1. The number of hydroxylamine groups is 2. The molecule has 4 rings (SSSR count). The largest absolute Gasteiger partial charge is 0.495 e. The molecule has 8 nitrogen and oxygen atoms in total. The van der Waals surface area contributed by atoms with Crippen molar-refractivity contribution in [3.63, 3.8) is 0 Å². The molecular weight excluding hydrogens is 466 g/mol. The molecule has 1 atom stereocenters. The molecule has 0 aliphatic carbocycles. The molecule has 0 spiro atoms. The van der Waals surface area contributed by atoms with E-state index in [1.165, 1.54) is 30.9 Å². The summed E-state index contributed by atoms with van der Waals surface area (Å²) in [4.78, 5) is 14.9. The SMILES string of the molecule is COc1cc(S(=O)(=O)Cc2ccc3c(c2)CN(C)C3)ccc1NC(=O)N(O)C(C)c1ccccc1. The molecule has 3 aromatic carbocycles. The van der Waals surface area contributed by atoms with Crippen LogP contribution < -0.4 is 10.1 Å². The Bertz CT molecular complexity index is 1330. The van der Waals surface area contributed by atoms with Crippen LogP contribution in [0, 0.1) is 0 Å². The topological polar surface area (TPSA) is 99.2 Å². The Morgan fingerprint density at radius 3 is 2.51 bits per heavy atom. The Kier molecular flexibility index (Phi) is 7.11. The fourth-order valence-corrected chi connectivity index (χ4v) is 5.55. The number of benzene rings is 3. The van der Waals surface area contributed by atoms with Crippen LogP contribution in [0.15, 0.2) is 71.6 Å². The van der Waals surface area contributed by atoms with E-state index in [0.717, 1.165) is 29.8 Å². The zero-order valence-electron chi connectivity index (χ0n) is 19.9. The van der Waals surface area contributed by atoms with Crippen molar-refractivity contribution >= 4 is 21.6 Å². The highest BCUT2D eigenvalue weighted by Gasteiger charge is 2.23. The van der Waals surface area contributed by atoms with Gasteiger partial charge in [0.2, 0.25) is 0 Å². The molecule has 0 fully saturated rings. The minimum Gasteiger partial charge on any atom is -0.495 e. The van der Waals surface area contributed by atoms with E-state index >= 15 is 0 Å². The van der Waals surface area contributed by atoms with Gasteiger partial charge >= 0.3 is 6.03 Å². The minimum atomic E-state index is -3.65. The number of hydrogen-bond acceptors (Lipinski definition) is 6. The number of methoxy groups -OCH3 is 1. The van der Waals surface area contributed by atoms with Crippen molar-refractivity contribution in [2.75, 3.05) is 19.5 Å². The van der Waals surface area contributed by atoms with Gasteiger partial charge in [0.05, 0.1) is 29.5 Å². The predicted molar refractivity (Wildman–Crippen MR) is 133 cm³/mol. The van der Waals surface area contributed by atoms with Crippen molar-refractivity contribution in [1.82, 2.24) is 9.96 Å². The van der Waals surface area contributed by atoms with Gasteiger partial charge in [-0.05, 0) is 48.4 Å². The number of carbonyl (C=O) groups excluding carboxylic acids is 1. The molecule has 0 aromatic heterocycles. The number of carbonyl (C=O) groups is 1. The fourth-order valence-electron chi connectivity index (χ4n) is 4.20. The van der Waals surface area contributed by atoms with Gasteiger partial charge in [-0.25, -0.2) is 13.2 Å². The molecule has 9 heteroatoms. The van der Waals surface area contributed by atoms with Crippen molar-refractivity contribution in [3.8, 4) is 5.75 Å². The highest BCUT2D eigenvalue weighted by molar-refractivity contribution is 7.90. The Morgan fingerprint density at radius 2 is 1.80 bits per heavy atom. The summed E-state index contributed by atoms with van der Waals surface area (Å²) in [6.45, 7) is 3.36. The molecule has 35 heavy (non-hydrogen) atoms. The Labute approximate surface area is 205 Å². The summed E-state index contributed by atoms with van der Waals surface area (Å²) in [5.74, 6) is 0.0356. The second-order valence-electron chi connectivity index (χ2n) is 8.76. The summed E-state index contributed by atoms with van der Waals surface area (Å²) in [7, 11) is -0.234. The summed E-state index contributed by atoms with van der Waals surface area (Å²) in [5, 5.41) is 13.6. The molecule has 3 aromatic rings.